The van der Waals surface area contributed by atoms with Crippen molar-refractivity contribution in [3.63, 3.8) is 0 Å². The summed E-state index contributed by atoms with van der Waals surface area (Å²) in [5.74, 6) is 0.336. The fraction of sp³-hybridized carbons (Fsp3) is 0.250. The van der Waals surface area contributed by atoms with Crippen molar-refractivity contribution in [2.75, 3.05) is 6.26 Å². The second-order valence-electron chi connectivity index (χ2n) is 5.77. The van der Waals surface area contributed by atoms with Gasteiger partial charge in [-0.2, -0.15) is 0 Å². The van der Waals surface area contributed by atoms with Crippen LogP contribution in [0.15, 0.2) is 41.3 Å². The molecule has 7 nitrogen and oxygen atoms in total. The molecule has 0 bridgehead atoms. The average molecular weight is 425 g/mol. The van der Waals surface area contributed by atoms with Crippen LogP contribution in [0.5, 0.6) is 0 Å². The van der Waals surface area contributed by atoms with Crippen LogP contribution >= 0.6 is 15.9 Å². The van der Waals surface area contributed by atoms with Crippen molar-refractivity contribution in [3.05, 3.63) is 52.7 Å². The van der Waals surface area contributed by atoms with Crippen molar-refractivity contribution in [2.24, 2.45) is 0 Å². The van der Waals surface area contributed by atoms with E-state index < -0.39 is 15.9 Å². The summed E-state index contributed by atoms with van der Waals surface area (Å²) in [4.78, 5) is 19.1. The number of aryl methyl sites for hydroxylation is 1. The van der Waals surface area contributed by atoms with Crippen LogP contribution in [0.25, 0.3) is 10.9 Å². The number of rotatable bonds is 6. The zero-order valence-electron chi connectivity index (χ0n) is 13.5. The SMILES string of the molecule is CS(=O)(=O)NC(=O)CCn1cc(Cc2ncc[nH]2)c2cc(Br)ccc21. The summed E-state index contributed by atoms with van der Waals surface area (Å²) in [5, 5.41) is 1.06. The number of aromatic amines is 1. The minimum atomic E-state index is -3.53. The zero-order chi connectivity index (χ0) is 18.0. The van der Waals surface area contributed by atoms with E-state index in [0.29, 0.717) is 13.0 Å². The molecule has 0 spiro atoms. The van der Waals surface area contributed by atoms with Crippen molar-refractivity contribution in [2.45, 2.75) is 19.4 Å². The van der Waals surface area contributed by atoms with Gasteiger partial charge in [-0.3, -0.25) is 9.52 Å². The van der Waals surface area contributed by atoms with Crippen LogP contribution in [0.3, 0.4) is 0 Å². The number of hydrogen-bond donors (Lipinski definition) is 2. The first-order valence-electron chi connectivity index (χ1n) is 7.58. The van der Waals surface area contributed by atoms with Gasteiger partial charge in [0.05, 0.1) is 6.26 Å². The van der Waals surface area contributed by atoms with Gasteiger partial charge < -0.3 is 9.55 Å². The van der Waals surface area contributed by atoms with E-state index in [2.05, 4.69) is 25.9 Å². The number of amides is 1. The highest BCUT2D eigenvalue weighted by molar-refractivity contribution is 9.10. The normalized spacial score (nSPS) is 11.8. The molecule has 0 radical (unpaired) electrons. The molecule has 0 aliphatic heterocycles. The van der Waals surface area contributed by atoms with Crippen LogP contribution in [0.2, 0.25) is 0 Å². The monoisotopic (exact) mass is 424 g/mol. The fourth-order valence-corrected chi connectivity index (χ4v) is 3.60. The molecule has 1 aromatic carbocycles. The maximum absolute atomic E-state index is 11.8. The summed E-state index contributed by atoms with van der Waals surface area (Å²) in [6, 6.07) is 5.94. The van der Waals surface area contributed by atoms with Gasteiger partial charge in [0.15, 0.2) is 0 Å². The first-order valence-corrected chi connectivity index (χ1v) is 10.3. The number of fused-ring (bicyclic) bond motifs is 1. The minimum absolute atomic E-state index is 0.0765. The lowest BCUT2D eigenvalue weighted by atomic mass is 10.1. The van der Waals surface area contributed by atoms with Crippen LogP contribution in [-0.2, 0) is 27.8 Å². The Balaban J connectivity index is 1.86. The summed E-state index contributed by atoms with van der Waals surface area (Å²) >= 11 is 3.49. The molecule has 0 fully saturated rings. The molecule has 0 saturated heterocycles. The lowest BCUT2D eigenvalue weighted by Crippen LogP contribution is -2.29. The number of halogens is 1. The van der Waals surface area contributed by atoms with E-state index in [9.17, 15) is 13.2 Å². The molecule has 25 heavy (non-hydrogen) atoms. The number of nitrogens with one attached hydrogen (secondary N) is 2. The molecule has 0 aliphatic rings. The van der Waals surface area contributed by atoms with E-state index in [0.717, 1.165) is 33.0 Å². The van der Waals surface area contributed by atoms with Crippen molar-refractivity contribution in [1.82, 2.24) is 19.3 Å². The predicted octanol–water partition coefficient (Wildman–Crippen LogP) is 2.18. The molecule has 0 atom stereocenters. The predicted molar refractivity (Wildman–Crippen MR) is 98.6 cm³/mol. The molecule has 0 unspecified atom stereocenters. The number of benzene rings is 1. The molecule has 9 heteroatoms. The van der Waals surface area contributed by atoms with Crippen molar-refractivity contribution in [1.29, 1.82) is 0 Å². The Labute approximate surface area is 153 Å². The number of carbonyl (C=O) groups excluding carboxylic acids is 1. The molecule has 2 N–H and O–H groups in total. The van der Waals surface area contributed by atoms with Crippen molar-refractivity contribution in [3.8, 4) is 0 Å². The quantitative estimate of drug-likeness (QED) is 0.633. The molecular weight excluding hydrogens is 408 g/mol. The third-order valence-electron chi connectivity index (χ3n) is 3.72. The molecule has 0 aliphatic carbocycles. The van der Waals surface area contributed by atoms with E-state index in [1.54, 1.807) is 12.4 Å². The second kappa shape index (κ2) is 7.01. The van der Waals surface area contributed by atoms with Crippen LogP contribution in [0.1, 0.15) is 17.8 Å². The van der Waals surface area contributed by atoms with Gasteiger partial charge in [0.25, 0.3) is 0 Å². The minimum Gasteiger partial charge on any atom is -0.348 e. The number of carbonyl (C=O) groups is 1. The van der Waals surface area contributed by atoms with E-state index in [4.69, 9.17) is 0 Å². The largest absolute Gasteiger partial charge is 0.348 e. The van der Waals surface area contributed by atoms with Gasteiger partial charge in [-0.15, -0.1) is 0 Å². The number of nitrogens with zero attached hydrogens (tertiary/aromatic N) is 2. The Hall–Kier alpha value is -2.13. The highest BCUT2D eigenvalue weighted by Gasteiger charge is 2.13. The Morgan fingerprint density at radius 3 is 2.88 bits per heavy atom. The standard InChI is InChI=1S/C16H17BrN4O3S/c1-25(23,24)20-16(22)4-7-21-10-11(8-15-18-5-6-19-15)13-9-12(17)2-3-14(13)21/h2-3,5-6,9-10H,4,7-8H2,1H3,(H,18,19)(H,20,22). The number of H-pyrrole nitrogens is 1. The molecule has 132 valence electrons. The van der Waals surface area contributed by atoms with Crippen molar-refractivity contribution < 1.29 is 13.2 Å². The average Bonchev–Trinajstić information content (AvgIpc) is 3.12. The maximum Gasteiger partial charge on any atom is 0.235 e. The van der Waals surface area contributed by atoms with Crippen LogP contribution in [-0.4, -0.2) is 35.1 Å². The Morgan fingerprint density at radius 2 is 2.20 bits per heavy atom. The summed E-state index contributed by atoms with van der Waals surface area (Å²) in [6.45, 7) is 0.387. The topological polar surface area (TPSA) is 96.8 Å². The number of hydrogen-bond acceptors (Lipinski definition) is 4. The highest BCUT2D eigenvalue weighted by Crippen LogP contribution is 2.26. The van der Waals surface area contributed by atoms with E-state index >= 15 is 0 Å². The summed E-state index contributed by atoms with van der Waals surface area (Å²) in [6.07, 6.45) is 7.15. The molecule has 3 rings (SSSR count). The van der Waals surface area contributed by atoms with Gasteiger partial charge in [0.2, 0.25) is 15.9 Å². The van der Waals surface area contributed by atoms with Crippen molar-refractivity contribution >= 4 is 42.8 Å². The van der Waals surface area contributed by atoms with Gasteiger partial charge in [0, 0.05) is 53.4 Å². The lowest BCUT2D eigenvalue weighted by Gasteiger charge is -2.06. The molecular formula is C16H17BrN4O3S. The zero-order valence-corrected chi connectivity index (χ0v) is 15.9. The van der Waals surface area contributed by atoms with Gasteiger partial charge >= 0.3 is 0 Å². The molecule has 3 aromatic rings. The number of sulfonamides is 1. The van der Waals surface area contributed by atoms with E-state index in [1.807, 2.05) is 33.7 Å². The third kappa shape index (κ3) is 4.49. The fourth-order valence-electron chi connectivity index (χ4n) is 2.72. The van der Waals surface area contributed by atoms with Gasteiger partial charge in [-0.25, -0.2) is 13.4 Å². The first kappa shape index (κ1) is 17.7. The smallest absolute Gasteiger partial charge is 0.235 e. The Bertz CT molecular complexity index is 1010. The molecule has 0 saturated carbocycles. The third-order valence-corrected chi connectivity index (χ3v) is 4.81. The molecule has 1 amide bonds. The summed E-state index contributed by atoms with van der Waals surface area (Å²) < 4.78 is 27.2. The highest BCUT2D eigenvalue weighted by atomic mass is 79.9. The summed E-state index contributed by atoms with van der Waals surface area (Å²) in [7, 11) is -3.53. The summed E-state index contributed by atoms with van der Waals surface area (Å²) in [5.41, 5.74) is 2.06. The van der Waals surface area contributed by atoms with E-state index in [1.165, 1.54) is 0 Å². The van der Waals surface area contributed by atoms with Gasteiger partial charge in [-0.1, -0.05) is 15.9 Å². The van der Waals surface area contributed by atoms with E-state index in [-0.39, 0.29) is 6.42 Å². The second-order valence-corrected chi connectivity index (χ2v) is 8.43. The number of aromatic nitrogens is 3. The van der Waals surface area contributed by atoms with Gasteiger partial charge in [0.1, 0.15) is 5.82 Å². The van der Waals surface area contributed by atoms with Crippen LogP contribution in [0.4, 0.5) is 0 Å². The van der Waals surface area contributed by atoms with Crippen LogP contribution in [0, 0.1) is 0 Å². The van der Waals surface area contributed by atoms with Crippen LogP contribution < -0.4 is 4.72 Å². The lowest BCUT2D eigenvalue weighted by molar-refractivity contribution is -0.119. The number of imidazole rings is 1. The maximum atomic E-state index is 11.8. The Kier molecular flexibility index (Phi) is 4.96. The first-order chi connectivity index (χ1) is 11.8. The molecule has 2 aromatic heterocycles. The van der Waals surface area contributed by atoms with Gasteiger partial charge in [-0.05, 0) is 23.8 Å². The molecule has 2 heterocycles. The Morgan fingerprint density at radius 1 is 1.40 bits per heavy atom.